The molecule has 0 aliphatic carbocycles. The van der Waals surface area contributed by atoms with E-state index in [1.165, 1.54) is 5.01 Å². The summed E-state index contributed by atoms with van der Waals surface area (Å²) in [4.78, 5) is 0. The Morgan fingerprint density at radius 2 is 1.92 bits per heavy atom. The van der Waals surface area contributed by atoms with Crippen molar-refractivity contribution in [2.24, 2.45) is 9.50 Å². The lowest BCUT2D eigenvalue weighted by atomic mass is 9.99. The van der Waals surface area contributed by atoms with Crippen LogP contribution in [-0.2, 0) is 10.0 Å². The Kier molecular flexibility index (Phi) is 3.77. The lowest BCUT2D eigenvalue weighted by Gasteiger charge is -2.28. The fourth-order valence-corrected chi connectivity index (χ4v) is 4.03. The highest BCUT2D eigenvalue weighted by Crippen LogP contribution is 2.29. The van der Waals surface area contributed by atoms with Gasteiger partial charge in [-0.3, -0.25) is 0 Å². The summed E-state index contributed by atoms with van der Waals surface area (Å²) < 4.78 is 33.0. The number of amidine groups is 1. The molecule has 8 heteroatoms. The van der Waals surface area contributed by atoms with E-state index in [0.29, 0.717) is 16.6 Å². The van der Waals surface area contributed by atoms with E-state index in [0.717, 1.165) is 22.1 Å². The number of hydrazone groups is 1. The zero-order chi connectivity index (χ0) is 17.6. The smallest absolute Gasteiger partial charge is 0.256 e. The van der Waals surface area contributed by atoms with Crippen molar-refractivity contribution in [3.63, 3.8) is 0 Å². The minimum absolute atomic E-state index is 0.0744. The second-order valence-electron chi connectivity index (χ2n) is 5.73. The SMILES string of the molecule is COc1ccc2cc(C3=CC(Cl)=NN4CCS(=O)(=O)N=C34)ccc2c1. The van der Waals surface area contributed by atoms with E-state index in [2.05, 4.69) is 9.50 Å². The molecule has 0 saturated heterocycles. The molecule has 0 amide bonds. The Hall–Kier alpha value is -2.38. The normalized spacial score (nSPS) is 19.0. The van der Waals surface area contributed by atoms with E-state index >= 15 is 0 Å². The van der Waals surface area contributed by atoms with Gasteiger partial charge in [0.25, 0.3) is 10.0 Å². The van der Waals surface area contributed by atoms with Crippen molar-refractivity contribution in [1.29, 1.82) is 0 Å². The maximum absolute atomic E-state index is 11.9. The number of sulfonamides is 1. The maximum atomic E-state index is 11.9. The number of rotatable bonds is 2. The quantitative estimate of drug-likeness (QED) is 0.809. The molecule has 0 N–H and O–H groups in total. The molecule has 128 valence electrons. The molecule has 0 bridgehead atoms. The molecule has 2 aromatic rings. The fraction of sp³-hybridized carbons (Fsp3) is 0.176. The van der Waals surface area contributed by atoms with Crippen molar-refractivity contribution in [3.05, 3.63) is 48.0 Å². The second-order valence-corrected chi connectivity index (χ2v) is 7.87. The molecule has 0 spiro atoms. The van der Waals surface area contributed by atoms with Gasteiger partial charge in [0.1, 0.15) is 10.9 Å². The Morgan fingerprint density at radius 3 is 2.72 bits per heavy atom. The van der Waals surface area contributed by atoms with Gasteiger partial charge in [0.05, 0.1) is 19.4 Å². The first-order chi connectivity index (χ1) is 11.9. The third-order valence-corrected chi connectivity index (χ3v) is 5.44. The van der Waals surface area contributed by atoms with E-state index < -0.39 is 10.0 Å². The van der Waals surface area contributed by atoms with Gasteiger partial charge in [-0.2, -0.15) is 5.10 Å². The van der Waals surface area contributed by atoms with Crippen molar-refractivity contribution >= 4 is 49.0 Å². The van der Waals surface area contributed by atoms with Crippen LogP contribution in [0.3, 0.4) is 0 Å². The van der Waals surface area contributed by atoms with Crippen LogP contribution in [0.5, 0.6) is 5.75 Å². The minimum atomic E-state index is -3.49. The summed E-state index contributed by atoms with van der Waals surface area (Å²) in [6.45, 7) is 0.236. The van der Waals surface area contributed by atoms with E-state index in [1.807, 2.05) is 36.4 Å². The molecule has 0 unspecified atom stereocenters. The number of allylic oxidation sites excluding steroid dienone is 1. The molecule has 0 aromatic heterocycles. The summed E-state index contributed by atoms with van der Waals surface area (Å²) in [7, 11) is -1.86. The van der Waals surface area contributed by atoms with Crippen LogP contribution < -0.4 is 4.74 Å². The number of methoxy groups -OCH3 is 1. The van der Waals surface area contributed by atoms with Gasteiger partial charge in [-0.25, -0.2) is 13.4 Å². The molecule has 0 fully saturated rings. The predicted octanol–water partition coefficient (Wildman–Crippen LogP) is 2.84. The summed E-state index contributed by atoms with van der Waals surface area (Å²) in [6, 6.07) is 11.6. The molecule has 25 heavy (non-hydrogen) atoms. The molecule has 0 atom stereocenters. The van der Waals surface area contributed by atoms with Crippen LogP contribution in [0.15, 0.2) is 52.0 Å². The summed E-state index contributed by atoms with van der Waals surface area (Å²) in [6.07, 6.45) is 1.64. The van der Waals surface area contributed by atoms with Gasteiger partial charge < -0.3 is 4.74 Å². The van der Waals surface area contributed by atoms with Gasteiger partial charge in [-0.15, -0.1) is 4.40 Å². The Morgan fingerprint density at radius 1 is 1.16 bits per heavy atom. The number of halogens is 1. The Labute approximate surface area is 150 Å². The van der Waals surface area contributed by atoms with Crippen molar-refractivity contribution < 1.29 is 13.2 Å². The van der Waals surface area contributed by atoms with Gasteiger partial charge >= 0.3 is 0 Å². The highest BCUT2D eigenvalue weighted by Gasteiger charge is 2.30. The summed E-state index contributed by atoms with van der Waals surface area (Å²) in [5.41, 5.74) is 1.47. The summed E-state index contributed by atoms with van der Waals surface area (Å²) in [5, 5.41) is 8.02. The van der Waals surface area contributed by atoms with Crippen molar-refractivity contribution in [2.75, 3.05) is 19.4 Å². The predicted molar refractivity (Wildman–Crippen MR) is 99.7 cm³/mol. The van der Waals surface area contributed by atoms with Crippen LogP contribution >= 0.6 is 11.6 Å². The molecule has 2 aliphatic heterocycles. The minimum Gasteiger partial charge on any atom is -0.497 e. The molecule has 2 aliphatic rings. The van der Waals surface area contributed by atoms with Gasteiger partial charge in [-0.05, 0) is 40.6 Å². The standard InChI is InChI=1S/C17H14ClN3O3S/c1-24-14-5-4-11-8-13(3-2-12(11)9-14)15-10-16(18)19-21-6-7-25(22,23)20-17(15)21/h2-5,8-10H,6-7H2,1H3. The first kappa shape index (κ1) is 16.1. The van der Waals surface area contributed by atoms with Crippen LogP contribution in [-0.4, -0.2) is 43.8 Å². The van der Waals surface area contributed by atoms with E-state index in [1.54, 1.807) is 13.2 Å². The second kappa shape index (κ2) is 5.86. The summed E-state index contributed by atoms with van der Waals surface area (Å²) >= 11 is 6.12. The van der Waals surface area contributed by atoms with Crippen LogP contribution in [0.25, 0.3) is 16.3 Å². The van der Waals surface area contributed by atoms with Crippen LogP contribution in [0.4, 0.5) is 0 Å². The number of benzene rings is 2. The first-order valence-electron chi connectivity index (χ1n) is 7.60. The monoisotopic (exact) mass is 375 g/mol. The first-order valence-corrected chi connectivity index (χ1v) is 9.58. The zero-order valence-electron chi connectivity index (χ0n) is 13.3. The topological polar surface area (TPSA) is 71.3 Å². The fourth-order valence-electron chi connectivity index (χ4n) is 2.88. The molecule has 0 radical (unpaired) electrons. The lowest BCUT2D eigenvalue weighted by molar-refractivity contribution is 0.415. The highest BCUT2D eigenvalue weighted by atomic mass is 35.5. The number of hydrogen-bond acceptors (Lipinski definition) is 5. The third-order valence-electron chi connectivity index (χ3n) is 4.11. The average molecular weight is 376 g/mol. The molecule has 6 nitrogen and oxygen atoms in total. The van der Waals surface area contributed by atoms with Gasteiger partial charge in [0.15, 0.2) is 5.84 Å². The highest BCUT2D eigenvalue weighted by molar-refractivity contribution is 7.90. The van der Waals surface area contributed by atoms with Gasteiger partial charge in [0, 0.05) is 5.57 Å². The molecular weight excluding hydrogens is 362 g/mol. The zero-order valence-corrected chi connectivity index (χ0v) is 14.9. The molecule has 2 aromatic carbocycles. The maximum Gasteiger partial charge on any atom is 0.256 e. The number of nitrogens with zero attached hydrogens (tertiary/aromatic N) is 3. The van der Waals surface area contributed by atoms with Crippen LogP contribution in [0, 0.1) is 0 Å². The lowest BCUT2D eigenvalue weighted by Crippen LogP contribution is -2.38. The number of ether oxygens (including phenoxy) is 1. The van der Waals surface area contributed by atoms with Crippen LogP contribution in [0.2, 0.25) is 0 Å². The van der Waals surface area contributed by atoms with E-state index in [9.17, 15) is 8.42 Å². The molecule has 2 heterocycles. The van der Waals surface area contributed by atoms with E-state index in [-0.39, 0.29) is 12.3 Å². The van der Waals surface area contributed by atoms with Crippen molar-refractivity contribution in [3.8, 4) is 5.75 Å². The van der Waals surface area contributed by atoms with Crippen molar-refractivity contribution in [2.45, 2.75) is 0 Å². The van der Waals surface area contributed by atoms with E-state index in [4.69, 9.17) is 16.3 Å². The van der Waals surface area contributed by atoms with Gasteiger partial charge in [-0.1, -0.05) is 29.8 Å². The molecule has 4 rings (SSSR count). The summed E-state index contributed by atoms with van der Waals surface area (Å²) in [5.74, 6) is 1.01. The Bertz CT molecular complexity index is 1070. The number of hydrogen-bond donors (Lipinski definition) is 0. The molecule has 0 saturated carbocycles. The van der Waals surface area contributed by atoms with Crippen LogP contribution in [0.1, 0.15) is 5.56 Å². The largest absolute Gasteiger partial charge is 0.497 e. The molecular formula is C17H14ClN3O3S. The third kappa shape index (κ3) is 3.01. The van der Waals surface area contributed by atoms with Gasteiger partial charge in [0.2, 0.25) is 0 Å². The average Bonchev–Trinajstić information content (AvgIpc) is 2.60. The van der Waals surface area contributed by atoms with Crippen molar-refractivity contribution in [1.82, 2.24) is 5.01 Å². The number of fused-ring (bicyclic) bond motifs is 2. The Balaban J connectivity index is 1.86.